The van der Waals surface area contributed by atoms with E-state index in [1.165, 1.54) is 66.7 Å². The average molecular weight is 364 g/mol. The molecule has 3 aromatic rings. The lowest BCUT2D eigenvalue weighted by Gasteiger charge is -2.05. The normalized spacial score (nSPS) is 10.7. The number of halogens is 2. The zero-order valence-corrected chi connectivity index (χ0v) is 14.1. The second-order valence-corrected chi connectivity index (χ2v) is 5.61. The molecule has 0 atom stereocenters. The van der Waals surface area contributed by atoms with E-state index in [-0.39, 0.29) is 17.1 Å². The Hall–Kier alpha value is -3.60. The van der Waals surface area contributed by atoms with Gasteiger partial charge in [-0.2, -0.15) is 0 Å². The minimum absolute atomic E-state index is 0.175. The summed E-state index contributed by atoms with van der Waals surface area (Å²) in [6, 6.07) is 17.4. The van der Waals surface area contributed by atoms with Crippen LogP contribution in [-0.2, 0) is 0 Å². The molecule has 0 radical (unpaired) electrons. The van der Waals surface area contributed by atoms with Crippen LogP contribution in [-0.4, -0.2) is 11.8 Å². The van der Waals surface area contributed by atoms with Crippen molar-refractivity contribution in [3.8, 4) is 5.75 Å². The standard InChI is InChI=1S/C22H14F2O3/c23-19-7-3-1-5-15(19)11-14-21(25)16-9-12-17(13-10-16)27-22(26)18-6-2-4-8-20(18)24/h1-14H/b14-11+. The average Bonchev–Trinajstić information content (AvgIpc) is 2.68. The maximum atomic E-state index is 13.6. The fourth-order valence-electron chi connectivity index (χ4n) is 2.35. The molecule has 3 aromatic carbocycles. The third kappa shape index (κ3) is 4.52. The van der Waals surface area contributed by atoms with E-state index in [4.69, 9.17) is 4.74 Å². The van der Waals surface area contributed by atoms with Gasteiger partial charge in [-0.15, -0.1) is 0 Å². The summed E-state index contributed by atoms with van der Waals surface area (Å²) in [4.78, 5) is 24.1. The Labute approximate surface area is 154 Å². The van der Waals surface area contributed by atoms with Crippen LogP contribution in [0.25, 0.3) is 6.08 Å². The van der Waals surface area contributed by atoms with Gasteiger partial charge in [-0.1, -0.05) is 30.3 Å². The number of ketones is 1. The number of hydrogen-bond acceptors (Lipinski definition) is 3. The number of allylic oxidation sites excluding steroid dienone is 1. The van der Waals surface area contributed by atoms with Crippen LogP contribution >= 0.6 is 0 Å². The first-order valence-electron chi connectivity index (χ1n) is 8.08. The van der Waals surface area contributed by atoms with Gasteiger partial charge in [0.25, 0.3) is 0 Å². The molecule has 0 unspecified atom stereocenters. The highest BCUT2D eigenvalue weighted by molar-refractivity contribution is 6.06. The number of rotatable bonds is 5. The van der Waals surface area contributed by atoms with Crippen molar-refractivity contribution >= 4 is 17.8 Å². The molecule has 27 heavy (non-hydrogen) atoms. The van der Waals surface area contributed by atoms with Crippen LogP contribution in [0, 0.1) is 11.6 Å². The largest absolute Gasteiger partial charge is 0.423 e. The third-order valence-corrected chi connectivity index (χ3v) is 3.76. The molecule has 0 saturated carbocycles. The molecule has 0 aromatic heterocycles. The van der Waals surface area contributed by atoms with E-state index in [0.29, 0.717) is 11.1 Å². The Bertz CT molecular complexity index is 1010. The van der Waals surface area contributed by atoms with Gasteiger partial charge >= 0.3 is 5.97 Å². The van der Waals surface area contributed by atoms with E-state index in [9.17, 15) is 18.4 Å². The molecule has 0 fully saturated rings. The van der Waals surface area contributed by atoms with Crippen molar-refractivity contribution in [1.82, 2.24) is 0 Å². The van der Waals surface area contributed by atoms with Gasteiger partial charge in [0.15, 0.2) is 5.78 Å². The molecule has 0 N–H and O–H groups in total. The Kier molecular flexibility index (Phi) is 5.52. The highest BCUT2D eigenvalue weighted by Crippen LogP contribution is 2.17. The SMILES string of the molecule is O=C(/C=C/c1ccccc1F)c1ccc(OC(=O)c2ccccc2F)cc1. The zero-order valence-electron chi connectivity index (χ0n) is 14.1. The van der Waals surface area contributed by atoms with Crippen molar-refractivity contribution in [2.45, 2.75) is 0 Å². The van der Waals surface area contributed by atoms with E-state index in [1.54, 1.807) is 18.2 Å². The highest BCUT2D eigenvalue weighted by atomic mass is 19.1. The number of benzene rings is 3. The lowest BCUT2D eigenvalue weighted by Crippen LogP contribution is -2.10. The first-order chi connectivity index (χ1) is 13.0. The predicted molar refractivity (Wildman–Crippen MR) is 97.6 cm³/mol. The summed E-state index contributed by atoms with van der Waals surface area (Å²) in [6.07, 6.45) is 2.66. The second kappa shape index (κ2) is 8.19. The van der Waals surface area contributed by atoms with Crippen LogP contribution in [0.4, 0.5) is 8.78 Å². The van der Waals surface area contributed by atoms with Crippen LogP contribution in [0.1, 0.15) is 26.3 Å². The molecular formula is C22H14F2O3. The van der Waals surface area contributed by atoms with Crippen molar-refractivity contribution in [3.05, 3.63) is 107 Å². The Balaban J connectivity index is 1.68. The van der Waals surface area contributed by atoms with Crippen molar-refractivity contribution in [3.63, 3.8) is 0 Å². The number of esters is 1. The molecule has 134 valence electrons. The minimum Gasteiger partial charge on any atom is -0.423 e. The predicted octanol–water partition coefficient (Wildman–Crippen LogP) is 5.08. The fourth-order valence-corrected chi connectivity index (χ4v) is 2.35. The zero-order chi connectivity index (χ0) is 19.2. The van der Waals surface area contributed by atoms with Crippen molar-refractivity contribution < 1.29 is 23.1 Å². The molecule has 0 heterocycles. The molecule has 0 aliphatic carbocycles. The molecule has 0 amide bonds. The molecule has 0 saturated heterocycles. The van der Waals surface area contributed by atoms with Gasteiger partial charge in [0.05, 0.1) is 5.56 Å². The number of carbonyl (C=O) groups excluding carboxylic acids is 2. The molecule has 3 nitrogen and oxygen atoms in total. The van der Waals surface area contributed by atoms with Crippen molar-refractivity contribution in [2.75, 3.05) is 0 Å². The summed E-state index contributed by atoms with van der Waals surface area (Å²) in [6.45, 7) is 0. The summed E-state index contributed by atoms with van der Waals surface area (Å²) in [5.74, 6) is -2.07. The van der Waals surface area contributed by atoms with Crippen LogP contribution < -0.4 is 4.74 Å². The smallest absolute Gasteiger partial charge is 0.346 e. The molecule has 0 aliphatic heterocycles. The minimum atomic E-state index is -0.827. The number of ether oxygens (including phenoxy) is 1. The number of hydrogen-bond donors (Lipinski definition) is 0. The quantitative estimate of drug-likeness (QED) is 0.274. The van der Waals surface area contributed by atoms with Gasteiger partial charge in [-0.3, -0.25) is 4.79 Å². The maximum Gasteiger partial charge on any atom is 0.346 e. The monoisotopic (exact) mass is 364 g/mol. The van der Waals surface area contributed by atoms with Crippen LogP contribution in [0.15, 0.2) is 78.9 Å². The van der Waals surface area contributed by atoms with Gasteiger partial charge in [0, 0.05) is 11.1 Å². The van der Waals surface area contributed by atoms with Crippen LogP contribution in [0.2, 0.25) is 0 Å². The van der Waals surface area contributed by atoms with Gasteiger partial charge in [0.2, 0.25) is 0 Å². The molecule has 0 bridgehead atoms. The topological polar surface area (TPSA) is 43.4 Å². The highest BCUT2D eigenvalue weighted by Gasteiger charge is 2.13. The Morgan fingerprint density at radius 2 is 1.41 bits per heavy atom. The fraction of sp³-hybridized carbons (Fsp3) is 0. The van der Waals surface area contributed by atoms with Gasteiger partial charge in [0.1, 0.15) is 17.4 Å². The summed E-state index contributed by atoms with van der Waals surface area (Å²) in [7, 11) is 0. The molecular weight excluding hydrogens is 350 g/mol. The second-order valence-electron chi connectivity index (χ2n) is 5.61. The van der Waals surface area contributed by atoms with Crippen LogP contribution in [0.3, 0.4) is 0 Å². The van der Waals surface area contributed by atoms with Crippen molar-refractivity contribution in [1.29, 1.82) is 0 Å². The summed E-state index contributed by atoms with van der Waals surface area (Å²) < 4.78 is 32.2. The molecule has 5 heteroatoms. The van der Waals surface area contributed by atoms with Gasteiger partial charge in [-0.25, -0.2) is 13.6 Å². The first kappa shape index (κ1) is 18.2. The maximum absolute atomic E-state index is 13.6. The third-order valence-electron chi connectivity index (χ3n) is 3.76. The lowest BCUT2D eigenvalue weighted by atomic mass is 10.1. The first-order valence-corrected chi connectivity index (χ1v) is 8.08. The molecule has 0 aliphatic rings. The summed E-state index contributed by atoms with van der Waals surface area (Å²) in [5.41, 5.74) is 0.472. The summed E-state index contributed by atoms with van der Waals surface area (Å²) >= 11 is 0. The van der Waals surface area contributed by atoms with Gasteiger partial charge in [-0.05, 0) is 54.6 Å². The van der Waals surface area contributed by atoms with Crippen LogP contribution in [0.5, 0.6) is 5.75 Å². The molecule has 0 spiro atoms. The van der Waals surface area contributed by atoms with Crippen molar-refractivity contribution in [2.24, 2.45) is 0 Å². The Morgan fingerprint density at radius 3 is 2.07 bits per heavy atom. The van der Waals surface area contributed by atoms with E-state index in [1.807, 2.05) is 0 Å². The van der Waals surface area contributed by atoms with E-state index in [2.05, 4.69) is 0 Å². The Morgan fingerprint density at radius 1 is 0.778 bits per heavy atom. The lowest BCUT2D eigenvalue weighted by molar-refractivity contribution is 0.0730. The van der Waals surface area contributed by atoms with Gasteiger partial charge < -0.3 is 4.74 Å². The van der Waals surface area contributed by atoms with E-state index < -0.39 is 17.6 Å². The number of carbonyl (C=O) groups is 2. The van der Waals surface area contributed by atoms with E-state index in [0.717, 1.165) is 0 Å². The summed E-state index contributed by atoms with van der Waals surface area (Å²) in [5, 5.41) is 0. The van der Waals surface area contributed by atoms with E-state index >= 15 is 0 Å². The molecule has 3 rings (SSSR count).